The molecule has 1 aliphatic rings. The number of nitrogens with zero attached hydrogens (tertiary/aromatic N) is 1. The third-order valence-electron chi connectivity index (χ3n) is 4.53. The van der Waals surface area contributed by atoms with Gasteiger partial charge in [-0.05, 0) is 31.1 Å². The van der Waals surface area contributed by atoms with E-state index < -0.39 is 11.4 Å². The molecule has 0 aromatic rings. The van der Waals surface area contributed by atoms with E-state index in [1.807, 2.05) is 18.7 Å². The Bertz CT molecular complexity index is 362. The Kier molecular flexibility index (Phi) is 4.64. The van der Waals surface area contributed by atoms with Gasteiger partial charge in [-0.3, -0.25) is 9.59 Å². The Morgan fingerprint density at radius 1 is 1.37 bits per heavy atom. The van der Waals surface area contributed by atoms with Gasteiger partial charge in [0.15, 0.2) is 0 Å². The van der Waals surface area contributed by atoms with Crippen molar-refractivity contribution < 1.29 is 14.7 Å². The number of amides is 1. The highest BCUT2D eigenvalue weighted by molar-refractivity contribution is 5.85. The fraction of sp³-hybridized carbons (Fsp3) is 0.867. The van der Waals surface area contributed by atoms with Gasteiger partial charge in [0, 0.05) is 19.5 Å². The molecule has 0 spiro atoms. The van der Waals surface area contributed by atoms with Crippen molar-refractivity contribution in [1.82, 2.24) is 4.90 Å². The lowest BCUT2D eigenvalue weighted by molar-refractivity contribution is -0.156. The highest BCUT2D eigenvalue weighted by atomic mass is 16.4. The summed E-state index contributed by atoms with van der Waals surface area (Å²) >= 11 is 0. The number of hydrogen-bond donors (Lipinski definition) is 1. The van der Waals surface area contributed by atoms with Crippen LogP contribution in [-0.2, 0) is 9.59 Å². The van der Waals surface area contributed by atoms with Crippen molar-refractivity contribution in [3.05, 3.63) is 0 Å². The number of piperidine rings is 1. The largest absolute Gasteiger partial charge is 0.481 e. The van der Waals surface area contributed by atoms with Gasteiger partial charge < -0.3 is 10.0 Å². The van der Waals surface area contributed by atoms with Crippen molar-refractivity contribution in [2.75, 3.05) is 13.1 Å². The van der Waals surface area contributed by atoms with Crippen molar-refractivity contribution in [3.8, 4) is 0 Å². The number of rotatable bonds is 4. The quantitative estimate of drug-likeness (QED) is 0.853. The van der Waals surface area contributed by atoms with Crippen molar-refractivity contribution in [2.45, 2.75) is 53.9 Å². The van der Waals surface area contributed by atoms with E-state index in [2.05, 4.69) is 13.8 Å². The van der Waals surface area contributed by atoms with Gasteiger partial charge in [0.05, 0.1) is 5.41 Å². The van der Waals surface area contributed by atoms with Crippen LogP contribution in [0.5, 0.6) is 0 Å². The minimum Gasteiger partial charge on any atom is -0.481 e. The second kappa shape index (κ2) is 5.51. The molecule has 1 heterocycles. The summed E-state index contributed by atoms with van der Waals surface area (Å²) in [6.07, 6.45) is 2.22. The fourth-order valence-electron chi connectivity index (χ4n) is 2.59. The van der Waals surface area contributed by atoms with Crippen molar-refractivity contribution in [2.24, 2.45) is 16.7 Å². The lowest BCUT2D eigenvalue weighted by Crippen LogP contribution is -2.47. The van der Waals surface area contributed by atoms with Crippen LogP contribution >= 0.6 is 0 Å². The van der Waals surface area contributed by atoms with Crippen molar-refractivity contribution >= 4 is 11.9 Å². The van der Waals surface area contributed by atoms with Gasteiger partial charge in [-0.25, -0.2) is 0 Å². The second-order valence-corrected chi connectivity index (χ2v) is 7.14. The summed E-state index contributed by atoms with van der Waals surface area (Å²) in [6.45, 7) is 11.2. The number of carbonyl (C=O) groups excluding carboxylic acids is 1. The molecule has 1 unspecified atom stereocenters. The van der Waals surface area contributed by atoms with Crippen molar-refractivity contribution in [1.29, 1.82) is 0 Å². The summed E-state index contributed by atoms with van der Waals surface area (Å²) in [6, 6.07) is 0. The molecule has 110 valence electrons. The van der Waals surface area contributed by atoms with Gasteiger partial charge in [0.25, 0.3) is 0 Å². The first kappa shape index (κ1) is 16.0. The fourth-order valence-corrected chi connectivity index (χ4v) is 2.59. The number of carboxylic acids is 1. The Hall–Kier alpha value is -1.06. The third kappa shape index (κ3) is 3.71. The van der Waals surface area contributed by atoms with Crippen LogP contribution in [0.4, 0.5) is 0 Å². The summed E-state index contributed by atoms with van der Waals surface area (Å²) in [5, 5.41) is 9.38. The van der Waals surface area contributed by atoms with Gasteiger partial charge in [-0.1, -0.05) is 27.7 Å². The van der Waals surface area contributed by atoms with E-state index in [1.165, 1.54) is 0 Å². The predicted octanol–water partition coefficient (Wildman–Crippen LogP) is 2.77. The highest BCUT2D eigenvalue weighted by Crippen LogP contribution is 2.34. The summed E-state index contributed by atoms with van der Waals surface area (Å²) < 4.78 is 0. The van der Waals surface area contributed by atoms with Crippen molar-refractivity contribution in [3.63, 3.8) is 0 Å². The molecule has 1 N–H and O–H groups in total. The first-order valence-electron chi connectivity index (χ1n) is 7.10. The second-order valence-electron chi connectivity index (χ2n) is 7.14. The molecule has 1 amide bonds. The summed E-state index contributed by atoms with van der Waals surface area (Å²) in [5.74, 6) is -0.967. The van der Waals surface area contributed by atoms with E-state index in [9.17, 15) is 14.7 Å². The van der Waals surface area contributed by atoms with E-state index in [4.69, 9.17) is 0 Å². The topological polar surface area (TPSA) is 57.6 Å². The van der Waals surface area contributed by atoms with E-state index in [0.717, 1.165) is 25.9 Å². The maximum absolute atomic E-state index is 12.4. The first-order valence-corrected chi connectivity index (χ1v) is 7.10. The Morgan fingerprint density at radius 3 is 2.37 bits per heavy atom. The number of carboxylic acid groups (broad SMARTS) is 1. The average molecular weight is 269 g/mol. The van der Waals surface area contributed by atoms with Crippen LogP contribution in [-0.4, -0.2) is 35.0 Å². The number of aliphatic carboxylic acids is 1. The van der Waals surface area contributed by atoms with Crippen LogP contribution in [0.25, 0.3) is 0 Å². The van der Waals surface area contributed by atoms with Gasteiger partial charge in [0.1, 0.15) is 0 Å². The molecule has 4 nitrogen and oxygen atoms in total. The third-order valence-corrected chi connectivity index (χ3v) is 4.53. The van der Waals surface area contributed by atoms with Crippen LogP contribution in [0, 0.1) is 16.7 Å². The first-order chi connectivity index (χ1) is 8.58. The summed E-state index contributed by atoms with van der Waals surface area (Å²) in [4.78, 5) is 25.7. The molecule has 0 radical (unpaired) electrons. The lowest BCUT2D eigenvalue weighted by atomic mass is 9.75. The summed E-state index contributed by atoms with van der Waals surface area (Å²) in [7, 11) is 0. The monoisotopic (exact) mass is 269 g/mol. The molecule has 1 atom stereocenters. The molecule has 19 heavy (non-hydrogen) atoms. The normalized spacial score (nSPS) is 22.1. The molecule has 0 aromatic carbocycles. The maximum atomic E-state index is 12.4. The van der Waals surface area contributed by atoms with E-state index >= 15 is 0 Å². The molecule has 1 saturated heterocycles. The number of carbonyl (C=O) groups is 2. The van der Waals surface area contributed by atoms with Gasteiger partial charge in [-0.2, -0.15) is 0 Å². The maximum Gasteiger partial charge on any atom is 0.310 e. The molecule has 1 aliphatic heterocycles. The molecule has 4 heteroatoms. The van der Waals surface area contributed by atoms with Gasteiger partial charge in [-0.15, -0.1) is 0 Å². The van der Waals surface area contributed by atoms with Gasteiger partial charge in [0.2, 0.25) is 5.91 Å². The smallest absolute Gasteiger partial charge is 0.310 e. The van der Waals surface area contributed by atoms with Crippen LogP contribution < -0.4 is 0 Å². The van der Waals surface area contributed by atoms with Crippen LogP contribution in [0.3, 0.4) is 0 Å². The van der Waals surface area contributed by atoms with E-state index in [1.54, 1.807) is 6.92 Å². The molecule has 0 aliphatic carbocycles. The van der Waals surface area contributed by atoms with Crippen LogP contribution in [0.15, 0.2) is 0 Å². The van der Waals surface area contributed by atoms with Crippen LogP contribution in [0.2, 0.25) is 0 Å². The minimum atomic E-state index is -0.974. The zero-order chi connectivity index (χ0) is 14.8. The molecular weight excluding hydrogens is 242 g/mol. The molecular formula is C15H27NO3. The Morgan fingerprint density at radius 2 is 1.95 bits per heavy atom. The zero-order valence-electron chi connectivity index (χ0n) is 12.8. The Balaban J connectivity index is 2.76. The lowest BCUT2D eigenvalue weighted by Gasteiger charge is -2.39. The summed E-state index contributed by atoms with van der Waals surface area (Å²) in [5.41, 5.74) is -0.829. The molecule has 0 saturated carbocycles. The van der Waals surface area contributed by atoms with E-state index in [-0.39, 0.29) is 23.7 Å². The SMILES string of the molecule is CC(C)C(C)(CC(=O)N1CCCC(C)(C)C1)C(=O)O. The Labute approximate surface area is 116 Å². The molecule has 1 fully saturated rings. The molecule has 0 bridgehead atoms. The van der Waals surface area contributed by atoms with Crippen LogP contribution in [0.1, 0.15) is 53.9 Å². The average Bonchev–Trinajstić information content (AvgIpc) is 2.26. The predicted molar refractivity (Wildman–Crippen MR) is 74.8 cm³/mol. The molecule has 0 aromatic heterocycles. The number of hydrogen-bond acceptors (Lipinski definition) is 2. The number of likely N-dealkylation sites (tertiary alicyclic amines) is 1. The highest BCUT2D eigenvalue weighted by Gasteiger charge is 2.41. The van der Waals surface area contributed by atoms with E-state index in [0.29, 0.717) is 0 Å². The minimum absolute atomic E-state index is 0.0219. The zero-order valence-corrected chi connectivity index (χ0v) is 12.8. The standard InChI is InChI=1S/C15H27NO3/c1-11(2)15(5,13(18)19)9-12(17)16-8-6-7-14(3,4)10-16/h11H,6-10H2,1-5H3,(H,18,19). The van der Waals surface area contributed by atoms with Gasteiger partial charge >= 0.3 is 5.97 Å². The molecule has 1 rings (SSSR count).